The van der Waals surface area contributed by atoms with Crippen molar-refractivity contribution >= 4 is 11.8 Å². The van der Waals surface area contributed by atoms with E-state index in [2.05, 4.69) is 59.6 Å². The Morgan fingerprint density at radius 1 is 1.11 bits per heavy atom. The maximum Gasteiger partial charge on any atom is 0.240 e. The van der Waals surface area contributed by atoms with Crippen LogP contribution in [-0.2, 0) is 13.0 Å². The van der Waals surface area contributed by atoms with E-state index in [1.807, 2.05) is 23.7 Å². The molecule has 0 spiro atoms. The number of hydrogen-bond donors (Lipinski definition) is 0. The number of rotatable bonds is 4. The van der Waals surface area contributed by atoms with Gasteiger partial charge in [0.1, 0.15) is 0 Å². The Hall–Kier alpha value is -2.86. The van der Waals surface area contributed by atoms with Gasteiger partial charge in [-0.1, -0.05) is 41.6 Å². The van der Waals surface area contributed by atoms with E-state index < -0.39 is 0 Å². The average Bonchev–Trinajstić information content (AvgIpc) is 3.40. The van der Waals surface area contributed by atoms with Gasteiger partial charge in [-0.05, 0) is 49.6 Å². The molecule has 2 aromatic heterocycles. The van der Waals surface area contributed by atoms with Crippen LogP contribution in [0.1, 0.15) is 33.7 Å². The Bertz CT molecular complexity index is 1120. The van der Waals surface area contributed by atoms with Gasteiger partial charge in [-0.15, -0.1) is 11.8 Å². The van der Waals surface area contributed by atoms with E-state index >= 15 is 0 Å². The lowest BCUT2D eigenvalue weighted by molar-refractivity contribution is 0.377. The van der Waals surface area contributed by atoms with Gasteiger partial charge >= 0.3 is 0 Å². The molecule has 1 aliphatic heterocycles. The second kappa shape index (κ2) is 6.95. The highest BCUT2D eigenvalue weighted by atomic mass is 32.2. The molecule has 1 aliphatic rings. The minimum Gasteiger partial charge on any atom is -0.338 e. The maximum atomic E-state index is 5.62. The highest BCUT2D eigenvalue weighted by Crippen LogP contribution is 2.45. The summed E-state index contributed by atoms with van der Waals surface area (Å²) in [5.74, 6) is 1.34. The number of benzene rings is 2. The van der Waals surface area contributed by atoms with Crippen LogP contribution in [0, 0.1) is 13.8 Å². The van der Waals surface area contributed by atoms with Crippen LogP contribution in [0.15, 0.2) is 64.0 Å². The molecule has 0 bridgehead atoms. The van der Waals surface area contributed by atoms with Crippen molar-refractivity contribution in [3.63, 3.8) is 0 Å². The quantitative estimate of drug-likeness (QED) is 0.493. The molecule has 3 heterocycles. The van der Waals surface area contributed by atoms with Crippen molar-refractivity contribution in [1.29, 1.82) is 0 Å². The number of fused-ring (bicyclic) bond motifs is 1. The van der Waals surface area contributed by atoms with E-state index in [1.54, 1.807) is 11.8 Å². The Balaban J connectivity index is 1.37. The summed E-state index contributed by atoms with van der Waals surface area (Å²) in [6, 6.07) is 18.8. The molecule has 140 valence electrons. The van der Waals surface area contributed by atoms with Crippen LogP contribution >= 0.6 is 11.8 Å². The first-order chi connectivity index (χ1) is 13.7. The lowest BCUT2D eigenvalue weighted by Gasteiger charge is -2.05. The summed E-state index contributed by atoms with van der Waals surface area (Å²) >= 11 is 1.80. The van der Waals surface area contributed by atoms with Crippen LogP contribution in [0.5, 0.6) is 0 Å². The molecule has 1 atom stereocenters. The summed E-state index contributed by atoms with van der Waals surface area (Å²) < 4.78 is 7.63. The smallest absolute Gasteiger partial charge is 0.240 e. The van der Waals surface area contributed by atoms with Gasteiger partial charge in [0.2, 0.25) is 11.7 Å². The van der Waals surface area contributed by atoms with Gasteiger partial charge in [-0.3, -0.25) is 4.68 Å². The predicted molar refractivity (Wildman–Crippen MR) is 109 cm³/mol. The third-order valence-corrected chi connectivity index (χ3v) is 6.29. The zero-order valence-corrected chi connectivity index (χ0v) is 16.6. The molecule has 1 unspecified atom stereocenters. The van der Waals surface area contributed by atoms with E-state index in [0.717, 1.165) is 35.5 Å². The maximum absolute atomic E-state index is 5.62. The van der Waals surface area contributed by atoms with Crippen LogP contribution in [0.25, 0.3) is 11.4 Å². The average molecular weight is 388 g/mol. The second-order valence-corrected chi connectivity index (χ2v) is 8.40. The van der Waals surface area contributed by atoms with Gasteiger partial charge in [-0.2, -0.15) is 10.1 Å². The third kappa shape index (κ3) is 3.24. The first kappa shape index (κ1) is 17.3. The molecular formula is C22H20N4OS. The lowest BCUT2D eigenvalue weighted by atomic mass is 10.1. The standard InChI is InChI=1S/C22H20N4OS/c1-14-10-15(2)26(24-14)13-16-6-5-8-18(11-16)21-23-22(27-25-21)20-12-17-7-3-4-9-19(17)28-20/h3-11,20H,12-13H2,1-2H3. The summed E-state index contributed by atoms with van der Waals surface area (Å²) in [5.41, 5.74) is 5.67. The van der Waals surface area contributed by atoms with Crippen molar-refractivity contribution in [2.75, 3.05) is 0 Å². The molecule has 0 radical (unpaired) electrons. The summed E-state index contributed by atoms with van der Waals surface area (Å²) in [7, 11) is 0. The minimum absolute atomic E-state index is 0.191. The molecule has 28 heavy (non-hydrogen) atoms. The Morgan fingerprint density at radius 3 is 2.82 bits per heavy atom. The topological polar surface area (TPSA) is 56.7 Å². The van der Waals surface area contributed by atoms with E-state index in [1.165, 1.54) is 10.5 Å². The zero-order chi connectivity index (χ0) is 19.1. The Labute approximate surface area is 167 Å². The van der Waals surface area contributed by atoms with Crippen molar-refractivity contribution in [2.45, 2.75) is 37.0 Å². The molecule has 0 N–H and O–H groups in total. The van der Waals surface area contributed by atoms with E-state index in [0.29, 0.717) is 11.7 Å². The second-order valence-electron chi connectivity index (χ2n) is 7.16. The molecule has 0 saturated heterocycles. The van der Waals surface area contributed by atoms with E-state index in [9.17, 15) is 0 Å². The number of aromatic nitrogens is 4. The molecule has 4 aromatic rings. The molecular weight excluding hydrogens is 368 g/mol. The molecule has 0 amide bonds. The fraction of sp³-hybridized carbons (Fsp3) is 0.227. The number of aryl methyl sites for hydroxylation is 2. The van der Waals surface area contributed by atoms with Crippen molar-refractivity contribution in [3.8, 4) is 11.4 Å². The largest absolute Gasteiger partial charge is 0.338 e. The molecule has 0 fully saturated rings. The number of hydrogen-bond acceptors (Lipinski definition) is 5. The normalized spacial score (nSPS) is 15.7. The Morgan fingerprint density at radius 2 is 2.00 bits per heavy atom. The van der Waals surface area contributed by atoms with Gasteiger partial charge in [0.05, 0.1) is 17.5 Å². The summed E-state index contributed by atoms with van der Waals surface area (Å²) in [6.45, 7) is 4.82. The minimum atomic E-state index is 0.191. The highest BCUT2D eigenvalue weighted by molar-refractivity contribution is 7.99. The molecule has 0 saturated carbocycles. The third-order valence-electron chi connectivity index (χ3n) is 4.99. The van der Waals surface area contributed by atoms with E-state index in [-0.39, 0.29) is 5.25 Å². The fourth-order valence-corrected chi connectivity index (χ4v) is 4.85. The first-order valence-corrected chi connectivity index (χ1v) is 10.2. The first-order valence-electron chi connectivity index (χ1n) is 9.34. The van der Waals surface area contributed by atoms with Gasteiger partial charge in [0.25, 0.3) is 0 Å². The monoisotopic (exact) mass is 388 g/mol. The molecule has 0 aliphatic carbocycles. The van der Waals surface area contributed by atoms with Crippen LogP contribution in [0.3, 0.4) is 0 Å². The van der Waals surface area contributed by atoms with Crippen LogP contribution in [0.4, 0.5) is 0 Å². The summed E-state index contributed by atoms with van der Waals surface area (Å²) in [5, 5.41) is 8.98. The van der Waals surface area contributed by atoms with Gasteiger partial charge in [-0.25, -0.2) is 0 Å². The fourth-order valence-electron chi connectivity index (χ4n) is 3.62. The molecule has 2 aromatic carbocycles. The van der Waals surface area contributed by atoms with E-state index in [4.69, 9.17) is 9.51 Å². The summed E-state index contributed by atoms with van der Waals surface area (Å²) in [4.78, 5) is 6.00. The van der Waals surface area contributed by atoms with Crippen molar-refractivity contribution in [1.82, 2.24) is 19.9 Å². The van der Waals surface area contributed by atoms with Gasteiger partial charge in [0, 0.05) is 16.2 Å². The predicted octanol–water partition coefficient (Wildman–Crippen LogP) is 4.99. The molecule has 5 rings (SSSR count). The van der Waals surface area contributed by atoms with Crippen LogP contribution in [-0.4, -0.2) is 19.9 Å². The lowest BCUT2D eigenvalue weighted by Crippen LogP contribution is -2.04. The van der Waals surface area contributed by atoms with Crippen molar-refractivity contribution in [2.24, 2.45) is 0 Å². The van der Waals surface area contributed by atoms with Crippen LogP contribution in [0.2, 0.25) is 0 Å². The highest BCUT2D eigenvalue weighted by Gasteiger charge is 2.28. The van der Waals surface area contributed by atoms with Gasteiger partial charge < -0.3 is 4.52 Å². The van der Waals surface area contributed by atoms with Gasteiger partial charge in [0.15, 0.2) is 0 Å². The summed E-state index contributed by atoms with van der Waals surface area (Å²) in [6.07, 6.45) is 0.931. The number of thioether (sulfide) groups is 1. The Kier molecular flexibility index (Phi) is 4.28. The van der Waals surface area contributed by atoms with Crippen molar-refractivity contribution in [3.05, 3.63) is 83.0 Å². The molecule has 6 heteroatoms. The van der Waals surface area contributed by atoms with Crippen LogP contribution < -0.4 is 0 Å². The number of nitrogens with zero attached hydrogens (tertiary/aromatic N) is 4. The zero-order valence-electron chi connectivity index (χ0n) is 15.8. The molecule has 5 nitrogen and oxygen atoms in total. The SMILES string of the molecule is Cc1cc(C)n(Cc2cccc(-c3noc(C4Cc5ccccc5S4)n3)c2)n1. The van der Waals surface area contributed by atoms with Crippen molar-refractivity contribution < 1.29 is 4.52 Å².